The standard InChI is InChI=1S/C19H24Cl2N2O4/c1-19(2,3)18(26)23-8-6-12(7-9-23)17(25)27-11-16(24)22-15-10-13(20)4-5-14(15)21/h4-5,10,12H,6-9,11H2,1-3H3,(H,22,24). The van der Waals surface area contributed by atoms with Gasteiger partial charge in [-0.15, -0.1) is 0 Å². The molecule has 0 aliphatic carbocycles. The van der Waals surface area contributed by atoms with Crippen molar-refractivity contribution in [3.8, 4) is 0 Å². The van der Waals surface area contributed by atoms with Gasteiger partial charge in [0, 0.05) is 23.5 Å². The molecule has 0 unspecified atom stereocenters. The molecule has 0 saturated carbocycles. The number of carbonyl (C=O) groups is 3. The normalized spacial score (nSPS) is 15.4. The number of piperidine rings is 1. The van der Waals surface area contributed by atoms with Gasteiger partial charge in [-0.25, -0.2) is 0 Å². The predicted molar refractivity (Wildman–Crippen MR) is 105 cm³/mol. The molecule has 0 radical (unpaired) electrons. The Kier molecular flexibility index (Phi) is 7.12. The Bertz CT molecular complexity index is 723. The fourth-order valence-corrected chi connectivity index (χ4v) is 3.16. The summed E-state index contributed by atoms with van der Waals surface area (Å²) in [5.74, 6) is -1.15. The Hall–Kier alpha value is -1.79. The molecule has 148 valence electrons. The lowest BCUT2D eigenvalue weighted by Gasteiger charge is -2.34. The largest absolute Gasteiger partial charge is 0.455 e. The van der Waals surface area contributed by atoms with Gasteiger partial charge in [0.15, 0.2) is 6.61 Å². The number of esters is 1. The van der Waals surface area contributed by atoms with Gasteiger partial charge in [-0.1, -0.05) is 44.0 Å². The van der Waals surface area contributed by atoms with E-state index in [4.69, 9.17) is 27.9 Å². The van der Waals surface area contributed by atoms with Crippen LogP contribution in [0.2, 0.25) is 10.0 Å². The molecule has 1 N–H and O–H groups in total. The van der Waals surface area contributed by atoms with Crippen molar-refractivity contribution < 1.29 is 19.1 Å². The zero-order valence-electron chi connectivity index (χ0n) is 15.7. The molecular formula is C19H24Cl2N2O4. The minimum Gasteiger partial charge on any atom is -0.455 e. The molecule has 27 heavy (non-hydrogen) atoms. The number of nitrogens with one attached hydrogen (secondary N) is 1. The van der Waals surface area contributed by atoms with Crippen LogP contribution in [0.25, 0.3) is 0 Å². The number of halogens is 2. The van der Waals surface area contributed by atoms with Gasteiger partial charge in [-0.05, 0) is 31.0 Å². The van der Waals surface area contributed by atoms with Gasteiger partial charge in [0.1, 0.15) is 0 Å². The molecule has 6 nitrogen and oxygen atoms in total. The SMILES string of the molecule is CC(C)(C)C(=O)N1CCC(C(=O)OCC(=O)Nc2cc(Cl)ccc2Cl)CC1. The van der Waals surface area contributed by atoms with Gasteiger partial charge in [-0.2, -0.15) is 0 Å². The Morgan fingerprint density at radius 1 is 1.19 bits per heavy atom. The summed E-state index contributed by atoms with van der Waals surface area (Å²) in [5, 5.41) is 3.34. The Labute approximate surface area is 169 Å². The van der Waals surface area contributed by atoms with Crippen molar-refractivity contribution in [3.05, 3.63) is 28.2 Å². The smallest absolute Gasteiger partial charge is 0.309 e. The summed E-state index contributed by atoms with van der Waals surface area (Å²) in [6, 6.07) is 4.69. The van der Waals surface area contributed by atoms with Crippen molar-refractivity contribution in [2.45, 2.75) is 33.6 Å². The highest BCUT2D eigenvalue weighted by molar-refractivity contribution is 6.35. The number of amides is 2. The van der Waals surface area contributed by atoms with Gasteiger partial charge in [0.2, 0.25) is 5.91 Å². The van der Waals surface area contributed by atoms with E-state index < -0.39 is 23.9 Å². The summed E-state index contributed by atoms with van der Waals surface area (Å²) >= 11 is 11.9. The molecule has 0 atom stereocenters. The Morgan fingerprint density at radius 2 is 1.81 bits per heavy atom. The summed E-state index contributed by atoms with van der Waals surface area (Å²) in [5.41, 5.74) is -0.0771. The van der Waals surface area contributed by atoms with Crippen LogP contribution in [0.4, 0.5) is 5.69 Å². The molecule has 1 fully saturated rings. The summed E-state index contributed by atoms with van der Waals surface area (Å²) in [6.07, 6.45) is 1.06. The first kappa shape index (κ1) is 21.5. The van der Waals surface area contributed by atoms with Crippen molar-refractivity contribution in [1.82, 2.24) is 4.90 Å². The molecule has 2 rings (SSSR count). The Balaban J connectivity index is 1.79. The molecule has 0 bridgehead atoms. The van der Waals surface area contributed by atoms with E-state index in [2.05, 4.69) is 5.32 Å². The van der Waals surface area contributed by atoms with Crippen molar-refractivity contribution in [3.63, 3.8) is 0 Å². The van der Waals surface area contributed by atoms with Crippen LogP contribution in [0.5, 0.6) is 0 Å². The van der Waals surface area contributed by atoms with E-state index in [-0.39, 0.29) is 11.8 Å². The van der Waals surface area contributed by atoms with E-state index in [1.54, 1.807) is 17.0 Å². The maximum atomic E-state index is 12.3. The van der Waals surface area contributed by atoms with Crippen LogP contribution in [0.15, 0.2) is 18.2 Å². The molecular weight excluding hydrogens is 391 g/mol. The highest BCUT2D eigenvalue weighted by Crippen LogP contribution is 2.26. The van der Waals surface area contributed by atoms with Crippen molar-refractivity contribution in [2.75, 3.05) is 25.0 Å². The second-order valence-corrected chi connectivity index (χ2v) is 8.44. The number of rotatable bonds is 4. The topological polar surface area (TPSA) is 75.7 Å². The van der Waals surface area contributed by atoms with E-state index in [1.807, 2.05) is 20.8 Å². The van der Waals surface area contributed by atoms with Gasteiger partial charge < -0.3 is 15.0 Å². The highest BCUT2D eigenvalue weighted by atomic mass is 35.5. The molecule has 1 heterocycles. The van der Waals surface area contributed by atoms with Crippen molar-refractivity contribution >= 4 is 46.7 Å². The lowest BCUT2D eigenvalue weighted by Crippen LogP contribution is -2.45. The zero-order valence-corrected chi connectivity index (χ0v) is 17.2. The van der Waals surface area contributed by atoms with E-state index in [1.165, 1.54) is 6.07 Å². The minimum absolute atomic E-state index is 0.0760. The van der Waals surface area contributed by atoms with Crippen molar-refractivity contribution in [1.29, 1.82) is 0 Å². The summed E-state index contributed by atoms with van der Waals surface area (Å²) < 4.78 is 5.12. The maximum absolute atomic E-state index is 12.3. The van der Waals surface area contributed by atoms with Crippen LogP contribution in [-0.4, -0.2) is 42.4 Å². The molecule has 2 amide bonds. The number of nitrogens with zero attached hydrogens (tertiary/aromatic N) is 1. The van der Waals surface area contributed by atoms with E-state index in [9.17, 15) is 14.4 Å². The number of anilines is 1. The van der Waals surface area contributed by atoms with E-state index >= 15 is 0 Å². The first-order chi connectivity index (χ1) is 12.6. The number of likely N-dealkylation sites (tertiary alicyclic amines) is 1. The van der Waals surface area contributed by atoms with Gasteiger partial charge >= 0.3 is 5.97 Å². The summed E-state index contributed by atoms with van der Waals surface area (Å²) in [4.78, 5) is 38.2. The van der Waals surface area contributed by atoms with Crippen LogP contribution in [-0.2, 0) is 19.1 Å². The zero-order chi connectivity index (χ0) is 20.2. The van der Waals surface area contributed by atoms with Crippen LogP contribution >= 0.6 is 23.2 Å². The molecule has 1 aliphatic rings. The minimum atomic E-state index is -0.493. The van der Waals surface area contributed by atoms with Crippen LogP contribution in [0.3, 0.4) is 0 Å². The number of carbonyl (C=O) groups excluding carboxylic acids is 3. The Morgan fingerprint density at radius 3 is 2.41 bits per heavy atom. The fourth-order valence-electron chi connectivity index (χ4n) is 2.83. The summed E-state index contributed by atoms with van der Waals surface area (Å²) in [7, 11) is 0. The number of benzene rings is 1. The lowest BCUT2D eigenvalue weighted by molar-refractivity contribution is -0.155. The van der Waals surface area contributed by atoms with Crippen LogP contribution in [0, 0.1) is 11.3 Å². The van der Waals surface area contributed by atoms with Gasteiger partial charge in [0.05, 0.1) is 16.6 Å². The van der Waals surface area contributed by atoms with Crippen LogP contribution in [0.1, 0.15) is 33.6 Å². The maximum Gasteiger partial charge on any atom is 0.309 e. The monoisotopic (exact) mass is 414 g/mol. The fraction of sp³-hybridized carbons (Fsp3) is 0.526. The molecule has 1 aliphatic heterocycles. The third kappa shape index (κ3) is 6.11. The van der Waals surface area contributed by atoms with Crippen molar-refractivity contribution in [2.24, 2.45) is 11.3 Å². The molecule has 0 spiro atoms. The molecule has 1 aromatic carbocycles. The molecule has 1 aromatic rings. The average molecular weight is 415 g/mol. The third-order valence-electron chi connectivity index (χ3n) is 4.31. The van der Waals surface area contributed by atoms with Gasteiger partial charge in [-0.3, -0.25) is 14.4 Å². The number of hydrogen-bond donors (Lipinski definition) is 1. The number of hydrogen-bond acceptors (Lipinski definition) is 4. The summed E-state index contributed by atoms with van der Waals surface area (Å²) in [6.45, 7) is 6.25. The average Bonchev–Trinajstić information content (AvgIpc) is 2.61. The molecule has 8 heteroatoms. The van der Waals surface area contributed by atoms with Gasteiger partial charge in [0.25, 0.3) is 5.91 Å². The van der Waals surface area contributed by atoms with Crippen LogP contribution < -0.4 is 5.32 Å². The quantitative estimate of drug-likeness (QED) is 0.760. The van der Waals surface area contributed by atoms with E-state index in [0.29, 0.717) is 41.7 Å². The second kappa shape index (κ2) is 8.93. The lowest BCUT2D eigenvalue weighted by atomic mass is 9.91. The first-order valence-corrected chi connectivity index (χ1v) is 9.54. The van der Waals surface area contributed by atoms with E-state index in [0.717, 1.165) is 0 Å². The highest BCUT2D eigenvalue weighted by Gasteiger charge is 2.33. The molecule has 0 aromatic heterocycles. The number of ether oxygens (including phenoxy) is 1. The first-order valence-electron chi connectivity index (χ1n) is 8.79. The predicted octanol–water partition coefficient (Wildman–Crippen LogP) is 3.76. The molecule has 1 saturated heterocycles. The third-order valence-corrected chi connectivity index (χ3v) is 4.87. The second-order valence-electron chi connectivity index (χ2n) is 7.60.